The highest BCUT2D eigenvalue weighted by Gasteiger charge is 2.21. The van der Waals surface area contributed by atoms with E-state index in [0.717, 1.165) is 11.2 Å². The Kier molecular flexibility index (Phi) is 5.01. The van der Waals surface area contributed by atoms with Gasteiger partial charge in [0.05, 0.1) is 24.4 Å². The first-order chi connectivity index (χ1) is 11.6. The molecular weight excluding hydrogens is 374 g/mol. The lowest BCUT2D eigenvalue weighted by atomic mass is 10.3. The van der Waals surface area contributed by atoms with Gasteiger partial charge in [0.2, 0.25) is 0 Å². The van der Waals surface area contributed by atoms with Gasteiger partial charge in [-0.05, 0) is 28.1 Å². The van der Waals surface area contributed by atoms with E-state index in [1.54, 1.807) is 31.3 Å². The van der Waals surface area contributed by atoms with Gasteiger partial charge in [-0.25, -0.2) is 0 Å². The molecule has 0 spiro atoms. The van der Waals surface area contributed by atoms with Gasteiger partial charge in [0.15, 0.2) is 10.3 Å². The molecule has 0 aliphatic rings. The Morgan fingerprint density at radius 3 is 2.96 bits per heavy atom. The average molecular weight is 392 g/mol. The summed E-state index contributed by atoms with van der Waals surface area (Å²) in [5, 5.41) is 0. The van der Waals surface area contributed by atoms with Crippen molar-refractivity contribution in [1.82, 2.24) is 14.5 Å². The van der Waals surface area contributed by atoms with Crippen LogP contribution in [0.2, 0.25) is 0 Å². The summed E-state index contributed by atoms with van der Waals surface area (Å²) in [6, 6.07) is 9.30. The SMILES string of the molecule is COCCn1c(C(=O)N(C)Cc2ccccn2)cc2oc(Br)cc21. The van der Waals surface area contributed by atoms with Crippen molar-refractivity contribution in [2.75, 3.05) is 20.8 Å². The molecule has 0 aromatic carbocycles. The molecule has 0 radical (unpaired) electrons. The molecule has 0 aliphatic heterocycles. The zero-order valence-corrected chi connectivity index (χ0v) is 15.1. The molecule has 0 saturated heterocycles. The summed E-state index contributed by atoms with van der Waals surface area (Å²) < 4.78 is 13.3. The third kappa shape index (κ3) is 3.37. The Balaban J connectivity index is 1.89. The van der Waals surface area contributed by atoms with Crippen LogP contribution in [0.3, 0.4) is 0 Å². The van der Waals surface area contributed by atoms with Crippen molar-refractivity contribution in [2.24, 2.45) is 0 Å². The Morgan fingerprint density at radius 2 is 2.25 bits per heavy atom. The lowest BCUT2D eigenvalue weighted by Crippen LogP contribution is -2.29. The molecule has 0 fully saturated rings. The van der Waals surface area contributed by atoms with Crippen LogP contribution in [0.4, 0.5) is 0 Å². The number of fused-ring (bicyclic) bond motifs is 1. The van der Waals surface area contributed by atoms with Gasteiger partial charge in [-0.3, -0.25) is 9.78 Å². The third-order valence-corrected chi connectivity index (χ3v) is 4.16. The van der Waals surface area contributed by atoms with E-state index in [0.29, 0.717) is 35.6 Å². The fraction of sp³-hybridized carbons (Fsp3) is 0.294. The number of rotatable bonds is 6. The molecule has 1 amide bonds. The molecule has 0 bridgehead atoms. The molecule has 0 atom stereocenters. The minimum Gasteiger partial charge on any atom is -0.448 e. The average Bonchev–Trinajstić information content (AvgIpc) is 3.09. The number of methoxy groups -OCH3 is 1. The van der Waals surface area contributed by atoms with Crippen LogP contribution in [-0.4, -0.2) is 41.1 Å². The topological polar surface area (TPSA) is 60.5 Å². The quantitative estimate of drug-likeness (QED) is 0.646. The van der Waals surface area contributed by atoms with Crippen molar-refractivity contribution in [3.63, 3.8) is 0 Å². The predicted molar refractivity (Wildman–Crippen MR) is 93.8 cm³/mol. The molecule has 7 heteroatoms. The Bertz CT molecular complexity index is 842. The normalized spacial score (nSPS) is 11.1. The van der Waals surface area contributed by atoms with Gasteiger partial charge in [0, 0.05) is 39.0 Å². The monoisotopic (exact) mass is 391 g/mol. The molecule has 24 heavy (non-hydrogen) atoms. The highest BCUT2D eigenvalue weighted by Crippen LogP contribution is 2.27. The number of carbonyl (C=O) groups excluding carboxylic acids is 1. The van der Waals surface area contributed by atoms with Gasteiger partial charge in [0.25, 0.3) is 5.91 Å². The van der Waals surface area contributed by atoms with Crippen LogP contribution in [-0.2, 0) is 17.8 Å². The van der Waals surface area contributed by atoms with Gasteiger partial charge < -0.3 is 18.6 Å². The standard InChI is InChI=1S/C17H18BrN3O3/c1-20(11-12-5-3-4-6-19-12)17(22)14-9-15-13(10-16(18)24-15)21(14)7-8-23-2/h3-6,9-10H,7-8,11H2,1-2H3. The summed E-state index contributed by atoms with van der Waals surface area (Å²) in [6.07, 6.45) is 1.72. The molecule has 3 aromatic rings. The number of hydrogen-bond acceptors (Lipinski definition) is 4. The minimum atomic E-state index is -0.0840. The summed E-state index contributed by atoms with van der Waals surface area (Å²) >= 11 is 3.33. The number of nitrogens with zero attached hydrogens (tertiary/aromatic N) is 3. The third-order valence-electron chi connectivity index (χ3n) is 3.77. The Hall–Kier alpha value is -2.12. The van der Waals surface area contributed by atoms with Crippen LogP contribution in [0.25, 0.3) is 11.1 Å². The predicted octanol–water partition coefficient (Wildman–Crippen LogP) is 3.31. The summed E-state index contributed by atoms with van der Waals surface area (Å²) in [5.41, 5.74) is 2.96. The summed E-state index contributed by atoms with van der Waals surface area (Å²) in [6.45, 7) is 1.53. The zero-order chi connectivity index (χ0) is 17.1. The van der Waals surface area contributed by atoms with Crippen LogP contribution in [0, 0.1) is 0 Å². The van der Waals surface area contributed by atoms with Gasteiger partial charge in [-0.2, -0.15) is 0 Å². The lowest BCUT2D eigenvalue weighted by Gasteiger charge is -2.18. The molecule has 0 aliphatic carbocycles. The first kappa shape index (κ1) is 16.7. The maximum atomic E-state index is 12.9. The molecule has 0 N–H and O–H groups in total. The number of ether oxygens (including phenoxy) is 1. The summed E-state index contributed by atoms with van der Waals surface area (Å²) in [5.74, 6) is -0.0840. The molecule has 3 heterocycles. The second-order valence-corrected chi connectivity index (χ2v) is 6.24. The highest BCUT2D eigenvalue weighted by atomic mass is 79.9. The van der Waals surface area contributed by atoms with Crippen molar-refractivity contribution in [3.8, 4) is 0 Å². The number of aromatic nitrogens is 2. The smallest absolute Gasteiger partial charge is 0.270 e. The van der Waals surface area contributed by atoms with Gasteiger partial charge >= 0.3 is 0 Å². The minimum absolute atomic E-state index is 0.0840. The first-order valence-electron chi connectivity index (χ1n) is 7.53. The second kappa shape index (κ2) is 7.19. The van der Waals surface area contributed by atoms with Crippen molar-refractivity contribution in [3.05, 3.63) is 52.6 Å². The van der Waals surface area contributed by atoms with E-state index < -0.39 is 0 Å². The number of amides is 1. The van der Waals surface area contributed by atoms with Crippen molar-refractivity contribution >= 4 is 32.9 Å². The summed E-state index contributed by atoms with van der Waals surface area (Å²) in [7, 11) is 3.41. The van der Waals surface area contributed by atoms with Crippen LogP contribution in [0.5, 0.6) is 0 Å². The van der Waals surface area contributed by atoms with Gasteiger partial charge in [0.1, 0.15) is 5.69 Å². The second-order valence-electron chi connectivity index (χ2n) is 5.46. The van der Waals surface area contributed by atoms with E-state index in [2.05, 4.69) is 20.9 Å². The van der Waals surface area contributed by atoms with Crippen molar-refractivity contribution < 1.29 is 13.9 Å². The van der Waals surface area contributed by atoms with E-state index >= 15 is 0 Å². The van der Waals surface area contributed by atoms with Crippen molar-refractivity contribution in [1.29, 1.82) is 0 Å². The van der Waals surface area contributed by atoms with Crippen LogP contribution in [0.1, 0.15) is 16.2 Å². The number of pyridine rings is 1. The molecule has 0 unspecified atom stereocenters. The fourth-order valence-corrected chi connectivity index (χ4v) is 3.01. The molecule has 3 rings (SSSR count). The Morgan fingerprint density at radius 1 is 1.42 bits per heavy atom. The number of halogens is 1. The van der Waals surface area contributed by atoms with Crippen LogP contribution in [0.15, 0.2) is 45.6 Å². The van der Waals surface area contributed by atoms with E-state index in [1.807, 2.05) is 28.8 Å². The van der Waals surface area contributed by atoms with E-state index in [1.165, 1.54) is 0 Å². The lowest BCUT2D eigenvalue weighted by molar-refractivity contribution is 0.0770. The van der Waals surface area contributed by atoms with Crippen molar-refractivity contribution in [2.45, 2.75) is 13.1 Å². The Labute approximate surface area is 148 Å². The van der Waals surface area contributed by atoms with Crippen LogP contribution >= 0.6 is 15.9 Å². The number of furan rings is 1. The largest absolute Gasteiger partial charge is 0.448 e. The molecule has 0 saturated carbocycles. The maximum Gasteiger partial charge on any atom is 0.270 e. The number of hydrogen-bond donors (Lipinski definition) is 0. The zero-order valence-electron chi connectivity index (χ0n) is 13.5. The van der Waals surface area contributed by atoms with E-state index in [4.69, 9.17) is 9.15 Å². The van der Waals surface area contributed by atoms with E-state index in [9.17, 15) is 4.79 Å². The molecule has 6 nitrogen and oxygen atoms in total. The first-order valence-corrected chi connectivity index (χ1v) is 8.32. The number of carbonyl (C=O) groups is 1. The fourth-order valence-electron chi connectivity index (χ4n) is 2.61. The summed E-state index contributed by atoms with van der Waals surface area (Å²) in [4.78, 5) is 18.8. The maximum absolute atomic E-state index is 12.9. The van der Waals surface area contributed by atoms with E-state index in [-0.39, 0.29) is 5.91 Å². The molecular formula is C17H18BrN3O3. The van der Waals surface area contributed by atoms with Gasteiger partial charge in [-0.1, -0.05) is 6.07 Å². The van der Waals surface area contributed by atoms with Crippen LogP contribution < -0.4 is 0 Å². The highest BCUT2D eigenvalue weighted by molar-refractivity contribution is 9.10. The van der Waals surface area contributed by atoms with Gasteiger partial charge in [-0.15, -0.1) is 0 Å². The molecule has 126 valence electrons. The molecule has 3 aromatic heterocycles.